The van der Waals surface area contributed by atoms with Crippen molar-refractivity contribution < 1.29 is 4.79 Å². The minimum absolute atomic E-state index is 0.110. The lowest BCUT2D eigenvalue weighted by Crippen LogP contribution is -2.47. The van der Waals surface area contributed by atoms with Crippen molar-refractivity contribution in [3.8, 4) is 0 Å². The summed E-state index contributed by atoms with van der Waals surface area (Å²) in [5, 5.41) is 6.52. The van der Waals surface area contributed by atoms with E-state index in [1.165, 1.54) is 21.3 Å². The van der Waals surface area contributed by atoms with E-state index >= 15 is 0 Å². The summed E-state index contributed by atoms with van der Waals surface area (Å²) in [6, 6.07) is 15.3. The number of carbonyl (C=O) groups is 1. The predicted molar refractivity (Wildman–Crippen MR) is 113 cm³/mol. The average molecular weight is 378 g/mol. The number of hydrogen-bond acceptors (Lipinski definition) is 4. The van der Waals surface area contributed by atoms with Gasteiger partial charge in [-0.15, -0.1) is 11.3 Å². The summed E-state index contributed by atoms with van der Waals surface area (Å²) in [6.07, 6.45) is 1.55. The Morgan fingerprint density at radius 3 is 2.81 bits per heavy atom. The Morgan fingerprint density at radius 1 is 1.04 bits per heavy atom. The highest BCUT2D eigenvalue weighted by Gasteiger charge is 2.20. The maximum Gasteiger partial charge on any atom is 0.228 e. The lowest BCUT2D eigenvalue weighted by Gasteiger charge is -2.36. The third kappa shape index (κ3) is 3.33. The van der Waals surface area contributed by atoms with Crippen molar-refractivity contribution in [3.63, 3.8) is 0 Å². The zero-order valence-corrected chi connectivity index (χ0v) is 16.1. The predicted octanol–water partition coefficient (Wildman–Crippen LogP) is 3.76. The molecule has 0 aliphatic carbocycles. The summed E-state index contributed by atoms with van der Waals surface area (Å²) >= 11 is 1.82. The molecule has 0 bridgehead atoms. The number of benzene rings is 2. The lowest BCUT2D eigenvalue weighted by molar-refractivity contribution is -0.115. The fourth-order valence-electron chi connectivity index (χ4n) is 4.17. The zero-order chi connectivity index (χ0) is 18.2. The summed E-state index contributed by atoms with van der Waals surface area (Å²) in [4.78, 5) is 16.6. The van der Waals surface area contributed by atoms with Gasteiger partial charge in [-0.3, -0.25) is 9.69 Å². The van der Waals surface area contributed by atoms with Crippen molar-refractivity contribution in [2.45, 2.75) is 12.8 Å². The Labute approximate surface area is 163 Å². The number of fused-ring (bicyclic) bond motifs is 2. The molecule has 138 valence electrons. The van der Waals surface area contributed by atoms with E-state index in [2.05, 4.69) is 63.0 Å². The van der Waals surface area contributed by atoms with Crippen molar-refractivity contribution in [2.24, 2.45) is 0 Å². The van der Waals surface area contributed by atoms with Crippen molar-refractivity contribution >= 4 is 38.7 Å². The Balaban J connectivity index is 1.19. The summed E-state index contributed by atoms with van der Waals surface area (Å²) in [5.74, 6) is 0.110. The zero-order valence-electron chi connectivity index (χ0n) is 15.3. The van der Waals surface area contributed by atoms with Gasteiger partial charge in [0, 0.05) is 54.2 Å². The van der Waals surface area contributed by atoms with Crippen molar-refractivity contribution in [1.29, 1.82) is 0 Å². The summed E-state index contributed by atoms with van der Waals surface area (Å²) in [6.45, 7) is 5.43. The molecule has 2 aliphatic heterocycles. The van der Waals surface area contributed by atoms with E-state index in [4.69, 9.17) is 0 Å². The second kappa shape index (κ2) is 6.98. The second-order valence-electron chi connectivity index (χ2n) is 7.40. The molecule has 2 aliphatic rings. The highest BCUT2D eigenvalue weighted by Crippen LogP contribution is 2.31. The molecule has 0 atom stereocenters. The van der Waals surface area contributed by atoms with Crippen molar-refractivity contribution in [3.05, 3.63) is 59.0 Å². The first-order valence-corrected chi connectivity index (χ1v) is 10.5. The number of thiophene rings is 1. The number of piperazine rings is 1. The highest BCUT2D eigenvalue weighted by atomic mass is 32.1. The Bertz CT molecular complexity index is 988. The van der Waals surface area contributed by atoms with Crippen LogP contribution in [0.2, 0.25) is 0 Å². The molecule has 0 saturated carbocycles. The quantitative estimate of drug-likeness (QED) is 0.752. The van der Waals surface area contributed by atoms with Gasteiger partial charge in [-0.05, 0) is 47.2 Å². The summed E-state index contributed by atoms with van der Waals surface area (Å²) < 4.78 is 1.37. The first-order chi connectivity index (χ1) is 13.3. The van der Waals surface area contributed by atoms with Gasteiger partial charge in [-0.1, -0.05) is 18.2 Å². The standard InChI is InChI=1S/C22H23N3OS/c26-22-15-17-5-4-16(14-19(17)23-22)6-8-24-9-11-25(12-10-24)20-2-1-3-21-18(20)7-13-27-21/h1-5,7,13-14H,6,8-12,15H2,(H,23,26). The Hall–Kier alpha value is -2.37. The van der Waals surface area contributed by atoms with Crippen LogP contribution in [-0.4, -0.2) is 43.5 Å². The Morgan fingerprint density at radius 2 is 1.93 bits per heavy atom. The SMILES string of the molecule is O=C1Cc2ccc(CCN3CCN(c4cccc5sccc45)CC3)cc2N1. The molecule has 1 fully saturated rings. The number of carbonyl (C=O) groups excluding carboxylic acids is 1. The van der Waals surface area contributed by atoms with E-state index < -0.39 is 0 Å². The van der Waals surface area contributed by atoms with Gasteiger partial charge in [-0.25, -0.2) is 0 Å². The van der Waals surface area contributed by atoms with Crippen LogP contribution in [0, 0.1) is 0 Å². The minimum atomic E-state index is 0.110. The van der Waals surface area contributed by atoms with Crippen LogP contribution < -0.4 is 10.2 Å². The molecule has 1 N–H and O–H groups in total. The van der Waals surface area contributed by atoms with Gasteiger partial charge in [0.25, 0.3) is 0 Å². The van der Waals surface area contributed by atoms with Gasteiger partial charge in [0.05, 0.1) is 6.42 Å². The van der Waals surface area contributed by atoms with Crippen LogP contribution in [0.3, 0.4) is 0 Å². The van der Waals surface area contributed by atoms with Crippen LogP contribution in [0.25, 0.3) is 10.1 Å². The molecule has 0 spiro atoms. The maximum atomic E-state index is 11.5. The molecule has 3 aromatic rings. The van der Waals surface area contributed by atoms with E-state index in [9.17, 15) is 4.79 Å². The van der Waals surface area contributed by atoms with Crippen LogP contribution in [0.5, 0.6) is 0 Å². The number of amides is 1. The third-order valence-electron chi connectivity index (χ3n) is 5.70. The van der Waals surface area contributed by atoms with Crippen molar-refractivity contribution in [1.82, 2.24) is 4.90 Å². The lowest BCUT2D eigenvalue weighted by atomic mass is 10.1. The van der Waals surface area contributed by atoms with Crippen LogP contribution in [-0.2, 0) is 17.6 Å². The minimum Gasteiger partial charge on any atom is -0.368 e. The van der Waals surface area contributed by atoms with E-state index in [1.807, 2.05) is 11.3 Å². The van der Waals surface area contributed by atoms with E-state index in [1.54, 1.807) is 0 Å². The molecular weight excluding hydrogens is 354 g/mol. The van der Waals surface area contributed by atoms with Gasteiger partial charge < -0.3 is 10.2 Å². The molecule has 5 rings (SSSR count). The molecule has 3 heterocycles. The molecule has 5 heteroatoms. The summed E-state index contributed by atoms with van der Waals surface area (Å²) in [7, 11) is 0. The third-order valence-corrected chi connectivity index (χ3v) is 6.58. The van der Waals surface area contributed by atoms with Crippen LogP contribution in [0.15, 0.2) is 47.8 Å². The smallest absolute Gasteiger partial charge is 0.228 e. The number of nitrogens with one attached hydrogen (secondary N) is 1. The molecule has 0 unspecified atom stereocenters. The van der Waals surface area contributed by atoms with Gasteiger partial charge in [-0.2, -0.15) is 0 Å². The van der Waals surface area contributed by atoms with E-state index in [0.717, 1.165) is 50.4 Å². The van der Waals surface area contributed by atoms with Gasteiger partial charge in [0.1, 0.15) is 0 Å². The number of hydrogen-bond donors (Lipinski definition) is 1. The second-order valence-corrected chi connectivity index (χ2v) is 8.35. The normalized spacial score (nSPS) is 17.3. The van der Waals surface area contributed by atoms with E-state index in [-0.39, 0.29) is 5.91 Å². The monoisotopic (exact) mass is 377 g/mol. The summed E-state index contributed by atoms with van der Waals surface area (Å²) in [5.41, 5.74) is 4.82. The van der Waals surface area contributed by atoms with Gasteiger partial charge in [0.15, 0.2) is 0 Å². The molecule has 1 amide bonds. The topological polar surface area (TPSA) is 35.6 Å². The van der Waals surface area contributed by atoms with Gasteiger partial charge in [0.2, 0.25) is 5.91 Å². The largest absolute Gasteiger partial charge is 0.368 e. The molecule has 1 aromatic heterocycles. The Kier molecular flexibility index (Phi) is 4.34. The molecule has 4 nitrogen and oxygen atoms in total. The maximum absolute atomic E-state index is 11.5. The first-order valence-electron chi connectivity index (χ1n) is 9.61. The number of rotatable bonds is 4. The van der Waals surface area contributed by atoms with Crippen LogP contribution >= 0.6 is 11.3 Å². The fourth-order valence-corrected chi connectivity index (χ4v) is 4.98. The molecule has 1 saturated heterocycles. The van der Waals surface area contributed by atoms with E-state index in [0.29, 0.717) is 6.42 Å². The first kappa shape index (κ1) is 16.8. The number of nitrogens with zero attached hydrogens (tertiary/aromatic N) is 2. The van der Waals surface area contributed by atoms with Crippen molar-refractivity contribution in [2.75, 3.05) is 42.9 Å². The number of anilines is 2. The highest BCUT2D eigenvalue weighted by molar-refractivity contribution is 7.17. The molecule has 0 radical (unpaired) electrons. The average Bonchev–Trinajstić information content (AvgIpc) is 3.31. The molecular formula is C22H23N3OS. The molecule has 27 heavy (non-hydrogen) atoms. The van der Waals surface area contributed by atoms with Crippen LogP contribution in [0.1, 0.15) is 11.1 Å². The fraction of sp³-hybridized carbons (Fsp3) is 0.318. The van der Waals surface area contributed by atoms with Crippen LogP contribution in [0.4, 0.5) is 11.4 Å². The van der Waals surface area contributed by atoms with Gasteiger partial charge >= 0.3 is 0 Å². The molecule has 2 aromatic carbocycles.